The Hall–Kier alpha value is -0.800. The molecule has 1 fully saturated rings. The van der Waals surface area contributed by atoms with Crippen molar-refractivity contribution in [3.05, 3.63) is 24.2 Å². The molecule has 0 aliphatic carbocycles. The molecule has 1 aromatic rings. The van der Waals surface area contributed by atoms with Crippen molar-refractivity contribution in [2.75, 3.05) is 20.1 Å². The van der Waals surface area contributed by atoms with Crippen molar-refractivity contribution in [3.63, 3.8) is 0 Å². The first-order valence-corrected chi connectivity index (χ1v) is 7.58. The molecule has 3 nitrogen and oxygen atoms in total. The van der Waals surface area contributed by atoms with Crippen molar-refractivity contribution < 1.29 is 4.42 Å². The van der Waals surface area contributed by atoms with Crippen LogP contribution in [-0.2, 0) is 6.42 Å². The van der Waals surface area contributed by atoms with Crippen LogP contribution in [-0.4, -0.2) is 36.6 Å². The smallest absolute Gasteiger partial charge is 0.0935 e. The van der Waals surface area contributed by atoms with Crippen LogP contribution in [0, 0.1) is 0 Å². The maximum absolute atomic E-state index is 5.20. The molecular formula is C16H28N2O. The van der Waals surface area contributed by atoms with Crippen LogP contribution in [0.25, 0.3) is 0 Å². The van der Waals surface area contributed by atoms with Crippen LogP contribution in [0.3, 0.4) is 0 Å². The van der Waals surface area contributed by atoms with Crippen LogP contribution in [0.15, 0.2) is 23.0 Å². The highest BCUT2D eigenvalue weighted by Crippen LogP contribution is 2.25. The molecular weight excluding hydrogens is 236 g/mol. The van der Waals surface area contributed by atoms with E-state index in [9.17, 15) is 0 Å². The van der Waals surface area contributed by atoms with Crippen molar-refractivity contribution in [2.45, 2.75) is 57.5 Å². The Labute approximate surface area is 117 Å². The summed E-state index contributed by atoms with van der Waals surface area (Å²) in [5.74, 6) is 0. The summed E-state index contributed by atoms with van der Waals surface area (Å²) in [7, 11) is 2.07. The van der Waals surface area contributed by atoms with Crippen LogP contribution < -0.4 is 5.32 Å². The molecule has 1 aliphatic heterocycles. The largest absolute Gasteiger partial charge is 0.472 e. The van der Waals surface area contributed by atoms with Gasteiger partial charge in [-0.15, -0.1) is 0 Å². The lowest BCUT2D eigenvalue weighted by atomic mass is 9.88. The Morgan fingerprint density at radius 3 is 2.47 bits per heavy atom. The Bertz CT molecular complexity index is 351. The van der Waals surface area contributed by atoms with Crippen molar-refractivity contribution in [1.29, 1.82) is 0 Å². The average molecular weight is 264 g/mol. The molecule has 1 N–H and O–H groups in total. The Morgan fingerprint density at radius 2 is 1.95 bits per heavy atom. The molecule has 1 unspecified atom stereocenters. The number of likely N-dealkylation sites (N-methyl/N-ethyl adjacent to an activating group) is 1. The van der Waals surface area contributed by atoms with E-state index in [0.717, 1.165) is 6.42 Å². The number of likely N-dealkylation sites (tertiary alicyclic amines) is 1. The molecule has 1 aromatic heterocycles. The summed E-state index contributed by atoms with van der Waals surface area (Å²) in [5.41, 5.74) is 1.46. The fourth-order valence-electron chi connectivity index (χ4n) is 3.22. The third-order valence-corrected chi connectivity index (χ3v) is 4.64. The zero-order valence-electron chi connectivity index (χ0n) is 12.6. The summed E-state index contributed by atoms with van der Waals surface area (Å²) < 4.78 is 5.20. The van der Waals surface area contributed by atoms with E-state index < -0.39 is 0 Å². The van der Waals surface area contributed by atoms with Gasteiger partial charge in [0.25, 0.3) is 0 Å². The molecule has 0 spiro atoms. The number of nitrogens with one attached hydrogen (secondary N) is 1. The fourth-order valence-corrected chi connectivity index (χ4v) is 3.22. The van der Waals surface area contributed by atoms with Gasteiger partial charge < -0.3 is 9.73 Å². The van der Waals surface area contributed by atoms with E-state index in [-0.39, 0.29) is 5.54 Å². The first kappa shape index (κ1) is 14.6. The topological polar surface area (TPSA) is 28.4 Å². The van der Waals surface area contributed by atoms with Crippen LogP contribution in [0.5, 0.6) is 0 Å². The van der Waals surface area contributed by atoms with E-state index >= 15 is 0 Å². The molecule has 0 bridgehead atoms. The monoisotopic (exact) mass is 264 g/mol. The first-order chi connectivity index (χ1) is 9.14. The van der Waals surface area contributed by atoms with Gasteiger partial charge in [-0.1, -0.05) is 12.8 Å². The Kier molecular flexibility index (Phi) is 5.06. The van der Waals surface area contributed by atoms with Crippen LogP contribution in [0.1, 0.15) is 45.1 Å². The Morgan fingerprint density at radius 1 is 1.26 bits per heavy atom. The van der Waals surface area contributed by atoms with Gasteiger partial charge in [-0.2, -0.15) is 0 Å². The van der Waals surface area contributed by atoms with Crippen LogP contribution in [0.2, 0.25) is 0 Å². The molecule has 2 heterocycles. The van der Waals surface area contributed by atoms with E-state index in [1.165, 1.54) is 44.3 Å². The molecule has 1 atom stereocenters. The quantitative estimate of drug-likeness (QED) is 0.886. The normalized spacial score (nSPS) is 20.2. The maximum atomic E-state index is 5.20. The van der Waals surface area contributed by atoms with Gasteiger partial charge in [0.1, 0.15) is 0 Å². The van der Waals surface area contributed by atoms with Crippen molar-refractivity contribution in [3.8, 4) is 0 Å². The summed E-state index contributed by atoms with van der Waals surface area (Å²) in [6.07, 6.45) is 10.1. The van der Waals surface area contributed by atoms with E-state index in [1.54, 1.807) is 6.26 Å². The second-order valence-corrected chi connectivity index (χ2v) is 6.23. The lowest BCUT2D eigenvalue weighted by Gasteiger charge is -2.44. The zero-order valence-corrected chi connectivity index (χ0v) is 12.6. The molecule has 1 saturated heterocycles. The molecule has 19 heavy (non-hydrogen) atoms. The predicted octanol–water partition coefficient (Wildman–Crippen LogP) is 3.06. The third-order valence-electron chi connectivity index (χ3n) is 4.64. The number of rotatable bonds is 5. The lowest BCUT2D eigenvalue weighted by Crippen LogP contribution is -2.58. The number of furan rings is 1. The summed E-state index contributed by atoms with van der Waals surface area (Å²) in [5, 5.41) is 3.51. The molecule has 0 radical (unpaired) electrons. The highest BCUT2D eigenvalue weighted by atomic mass is 16.3. The molecule has 2 rings (SSSR count). The minimum Gasteiger partial charge on any atom is -0.472 e. The van der Waals surface area contributed by atoms with Crippen LogP contribution in [0.4, 0.5) is 0 Å². The molecule has 0 aromatic carbocycles. The fraction of sp³-hybridized carbons (Fsp3) is 0.750. The summed E-state index contributed by atoms with van der Waals surface area (Å²) >= 11 is 0. The van der Waals surface area contributed by atoms with E-state index in [1.807, 2.05) is 6.26 Å². The minimum absolute atomic E-state index is 0.177. The molecule has 0 amide bonds. The van der Waals surface area contributed by atoms with Gasteiger partial charge in [0.15, 0.2) is 0 Å². The molecule has 3 heteroatoms. The van der Waals surface area contributed by atoms with Gasteiger partial charge in [0.2, 0.25) is 0 Å². The SMILES string of the molecule is CNC(Cc1ccoc1)C(C)(C)N1CCCCCC1. The second kappa shape index (κ2) is 6.58. The van der Waals surface area contributed by atoms with Crippen molar-refractivity contribution >= 4 is 0 Å². The van der Waals surface area contributed by atoms with Crippen molar-refractivity contribution in [2.24, 2.45) is 0 Å². The van der Waals surface area contributed by atoms with E-state index in [4.69, 9.17) is 4.42 Å². The Balaban J connectivity index is 2.05. The standard InChI is InChI=1S/C16H28N2O/c1-16(2,18-9-6-4-5-7-10-18)15(17-3)12-14-8-11-19-13-14/h8,11,13,15,17H,4-7,9-10,12H2,1-3H3. The van der Waals surface area contributed by atoms with Gasteiger partial charge in [0.05, 0.1) is 12.5 Å². The van der Waals surface area contributed by atoms with Gasteiger partial charge in [-0.3, -0.25) is 4.90 Å². The van der Waals surface area contributed by atoms with Gasteiger partial charge in [-0.05, 0) is 64.9 Å². The maximum Gasteiger partial charge on any atom is 0.0935 e. The summed E-state index contributed by atoms with van der Waals surface area (Å²) in [6.45, 7) is 7.21. The molecule has 1 aliphatic rings. The highest BCUT2D eigenvalue weighted by molar-refractivity contribution is 5.10. The van der Waals surface area contributed by atoms with E-state index in [0.29, 0.717) is 6.04 Å². The van der Waals surface area contributed by atoms with Crippen molar-refractivity contribution in [1.82, 2.24) is 10.2 Å². The summed E-state index contributed by atoms with van der Waals surface area (Å²) in [4.78, 5) is 2.67. The predicted molar refractivity (Wildman–Crippen MR) is 79.4 cm³/mol. The minimum atomic E-state index is 0.177. The average Bonchev–Trinajstić information content (AvgIpc) is 2.74. The van der Waals surface area contributed by atoms with Crippen LogP contribution >= 0.6 is 0 Å². The van der Waals surface area contributed by atoms with Gasteiger partial charge >= 0.3 is 0 Å². The van der Waals surface area contributed by atoms with Gasteiger partial charge in [-0.25, -0.2) is 0 Å². The second-order valence-electron chi connectivity index (χ2n) is 6.23. The van der Waals surface area contributed by atoms with Gasteiger partial charge in [0, 0.05) is 11.6 Å². The highest BCUT2D eigenvalue weighted by Gasteiger charge is 2.34. The zero-order chi connectivity index (χ0) is 13.7. The third kappa shape index (κ3) is 3.61. The molecule has 108 valence electrons. The number of nitrogens with zero attached hydrogens (tertiary/aromatic N) is 1. The summed E-state index contributed by atoms with van der Waals surface area (Å²) in [6, 6.07) is 2.52. The number of hydrogen-bond donors (Lipinski definition) is 1. The first-order valence-electron chi connectivity index (χ1n) is 7.58. The number of hydrogen-bond acceptors (Lipinski definition) is 3. The molecule has 0 saturated carbocycles. The van der Waals surface area contributed by atoms with E-state index in [2.05, 4.69) is 37.2 Å². The lowest BCUT2D eigenvalue weighted by molar-refractivity contribution is 0.0864.